The molecule has 0 saturated carbocycles. The average molecular weight is 332 g/mol. The van der Waals surface area contributed by atoms with Gasteiger partial charge >= 0.3 is 0 Å². The highest BCUT2D eigenvalue weighted by Crippen LogP contribution is 2.35. The van der Waals surface area contributed by atoms with Gasteiger partial charge in [0.05, 0.1) is 0 Å². The summed E-state index contributed by atoms with van der Waals surface area (Å²) in [6.45, 7) is 4.91. The first-order chi connectivity index (χ1) is 12.1. The van der Waals surface area contributed by atoms with E-state index in [1.807, 2.05) is 12.3 Å². The van der Waals surface area contributed by atoms with Crippen LogP contribution in [0.1, 0.15) is 35.2 Å². The van der Waals surface area contributed by atoms with Crippen LogP contribution in [0.15, 0.2) is 42.6 Å². The van der Waals surface area contributed by atoms with Crippen LogP contribution in [-0.4, -0.2) is 40.2 Å². The first kappa shape index (κ1) is 16.3. The van der Waals surface area contributed by atoms with Gasteiger partial charge in [0.2, 0.25) is 0 Å². The Bertz CT molecular complexity index is 813. The van der Waals surface area contributed by atoms with Crippen molar-refractivity contribution in [1.29, 1.82) is 0 Å². The van der Waals surface area contributed by atoms with Crippen LogP contribution in [0.3, 0.4) is 0 Å². The first-order valence-corrected chi connectivity index (χ1v) is 9.10. The molecule has 0 aliphatic carbocycles. The van der Waals surface area contributed by atoms with Gasteiger partial charge in [0.15, 0.2) is 0 Å². The normalized spacial score (nSPS) is 27.6. The molecule has 3 nitrogen and oxygen atoms in total. The van der Waals surface area contributed by atoms with Gasteiger partial charge in [0.1, 0.15) is 11.3 Å². The highest BCUT2D eigenvalue weighted by atomic mass is 16.3. The monoisotopic (exact) mass is 332 g/mol. The fourth-order valence-electron chi connectivity index (χ4n) is 4.04. The molecule has 1 aromatic heterocycles. The minimum atomic E-state index is -0.882. The molecule has 0 amide bonds. The Balaban J connectivity index is 1.63. The largest absolute Gasteiger partial charge is 0.376 e. The van der Waals surface area contributed by atoms with Gasteiger partial charge in [-0.1, -0.05) is 42.3 Å². The number of piperidine rings is 3. The third kappa shape index (κ3) is 3.46. The van der Waals surface area contributed by atoms with E-state index in [2.05, 4.69) is 59.0 Å². The topological polar surface area (TPSA) is 36.4 Å². The standard InChI is InChI=1S/C22H24N2O/c1-17-13-19(14-18-5-3-2-4-6-18)21(23-15-17)7-10-22(25)16-24-11-8-20(22)9-12-24/h2-6,13,15,20,25H,8-9,11-12,14,16H2,1H3. The van der Waals surface area contributed by atoms with Gasteiger partial charge in [-0.15, -0.1) is 0 Å². The summed E-state index contributed by atoms with van der Waals surface area (Å²) in [4.78, 5) is 6.88. The molecule has 0 spiro atoms. The van der Waals surface area contributed by atoms with Crippen molar-refractivity contribution in [2.45, 2.75) is 31.8 Å². The Kier molecular flexibility index (Phi) is 4.33. The summed E-state index contributed by atoms with van der Waals surface area (Å²) in [7, 11) is 0. The summed E-state index contributed by atoms with van der Waals surface area (Å²) in [5, 5.41) is 11.0. The number of nitrogens with zero attached hydrogens (tertiary/aromatic N) is 2. The Morgan fingerprint density at radius 1 is 1.24 bits per heavy atom. The molecule has 3 aliphatic rings. The Labute approximate surface area is 149 Å². The van der Waals surface area contributed by atoms with E-state index in [0.717, 1.165) is 49.2 Å². The maximum atomic E-state index is 11.0. The first-order valence-electron chi connectivity index (χ1n) is 9.10. The number of hydrogen-bond donors (Lipinski definition) is 1. The van der Waals surface area contributed by atoms with Crippen molar-refractivity contribution in [3.8, 4) is 11.8 Å². The van der Waals surface area contributed by atoms with Gasteiger partial charge in [0, 0.05) is 25.1 Å². The van der Waals surface area contributed by atoms with E-state index in [1.54, 1.807) is 0 Å². The Hall–Kier alpha value is -2.15. The maximum absolute atomic E-state index is 11.0. The van der Waals surface area contributed by atoms with E-state index in [1.165, 1.54) is 5.56 Å². The van der Waals surface area contributed by atoms with Crippen LogP contribution in [0.4, 0.5) is 0 Å². The van der Waals surface area contributed by atoms with Crippen molar-refractivity contribution < 1.29 is 5.11 Å². The van der Waals surface area contributed by atoms with Crippen LogP contribution in [0.2, 0.25) is 0 Å². The van der Waals surface area contributed by atoms with Crippen molar-refractivity contribution in [3.05, 3.63) is 65.0 Å². The molecule has 1 N–H and O–H groups in total. The van der Waals surface area contributed by atoms with Crippen LogP contribution in [-0.2, 0) is 6.42 Å². The molecule has 3 saturated heterocycles. The minimum Gasteiger partial charge on any atom is -0.376 e. The third-order valence-electron chi connectivity index (χ3n) is 5.47. The SMILES string of the molecule is Cc1cnc(C#CC2(O)CN3CCC2CC3)c(Cc2ccccc2)c1. The predicted molar refractivity (Wildman–Crippen MR) is 99.2 cm³/mol. The second-order valence-electron chi connectivity index (χ2n) is 7.41. The highest BCUT2D eigenvalue weighted by Gasteiger charge is 2.44. The third-order valence-corrected chi connectivity index (χ3v) is 5.47. The number of aromatic nitrogens is 1. The lowest BCUT2D eigenvalue weighted by molar-refractivity contribution is -0.0713. The molecule has 128 valence electrons. The number of pyridine rings is 1. The number of hydrogen-bond acceptors (Lipinski definition) is 3. The molecule has 1 unspecified atom stereocenters. The van der Waals surface area contributed by atoms with Crippen LogP contribution >= 0.6 is 0 Å². The average Bonchev–Trinajstić information content (AvgIpc) is 2.63. The van der Waals surface area contributed by atoms with Crippen LogP contribution in [0.25, 0.3) is 0 Å². The molecule has 1 atom stereocenters. The summed E-state index contributed by atoms with van der Waals surface area (Å²) in [5.41, 5.74) is 3.42. The van der Waals surface area contributed by atoms with Crippen molar-refractivity contribution in [1.82, 2.24) is 9.88 Å². The lowest BCUT2D eigenvalue weighted by Crippen LogP contribution is -2.58. The summed E-state index contributed by atoms with van der Waals surface area (Å²) in [6, 6.07) is 12.5. The van der Waals surface area contributed by atoms with E-state index in [0.29, 0.717) is 12.5 Å². The zero-order chi connectivity index (χ0) is 17.3. The number of benzene rings is 1. The lowest BCUT2D eigenvalue weighted by Gasteiger charge is -2.47. The second-order valence-corrected chi connectivity index (χ2v) is 7.41. The number of aryl methyl sites for hydroxylation is 1. The fourth-order valence-corrected chi connectivity index (χ4v) is 4.04. The molecule has 5 rings (SSSR count). The lowest BCUT2D eigenvalue weighted by atomic mass is 9.76. The Morgan fingerprint density at radius 2 is 2.00 bits per heavy atom. The van der Waals surface area contributed by atoms with Crippen LogP contribution < -0.4 is 0 Å². The molecule has 3 fully saturated rings. The molecule has 0 radical (unpaired) electrons. The number of aliphatic hydroxyl groups is 1. The maximum Gasteiger partial charge on any atom is 0.141 e. The van der Waals surface area contributed by atoms with Gasteiger partial charge in [-0.25, -0.2) is 4.98 Å². The van der Waals surface area contributed by atoms with E-state index in [-0.39, 0.29) is 0 Å². The molecule has 2 bridgehead atoms. The van der Waals surface area contributed by atoms with Crippen molar-refractivity contribution in [2.75, 3.05) is 19.6 Å². The van der Waals surface area contributed by atoms with E-state index < -0.39 is 5.60 Å². The van der Waals surface area contributed by atoms with Crippen molar-refractivity contribution >= 4 is 0 Å². The molecule has 4 heterocycles. The zero-order valence-corrected chi connectivity index (χ0v) is 14.7. The Morgan fingerprint density at radius 3 is 2.68 bits per heavy atom. The van der Waals surface area contributed by atoms with Gasteiger partial charge in [-0.3, -0.25) is 4.90 Å². The molecular formula is C22H24N2O. The summed E-state index contributed by atoms with van der Waals surface area (Å²) in [5.74, 6) is 6.71. The van der Waals surface area contributed by atoms with Gasteiger partial charge < -0.3 is 5.11 Å². The van der Waals surface area contributed by atoms with Gasteiger partial charge in [0.25, 0.3) is 0 Å². The van der Waals surface area contributed by atoms with Gasteiger partial charge in [-0.05, 0) is 55.5 Å². The zero-order valence-electron chi connectivity index (χ0n) is 14.7. The molecule has 3 aliphatic heterocycles. The molecule has 1 aromatic carbocycles. The van der Waals surface area contributed by atoms with Crippen molar-refractivity contribution in [2.24, 2.45) is 5.92 Å². The highest BCUT2D eigenvalue weighted by molar-refractivity contribution is 5.42. The van der Waals surface area contributed by atoms with E-state index in [9.17, 15) is 5.11 Å². The second kappa shape index (κ2) is 6.63. The fraction of sp³-hybridized carbons (Fsp3) is 0.409. The molecule has 3 heteroatoms. The number of rotatable bonds is 2. The van der Waals surface area contributed by atoms with Crippen LogP contribution in [0.5, 0.6) is 0 Å². The minimum absolute atomic E-state index is 0.299. The quantitative estimate of drug-likeness (QED) is 0.859. The number of fused-ring (bicyclic) bond motifs is 3. The molecule has 25 heavy (non-hydrogen) atoms. The predicted octanol–water partition coefficient (Wildman–Crippen LogP) is 2.79. The summed E-state index contributed by atoms with van der Waals surface area (Å²) in [6.07, 6.45) is 4.76. The van der Waals surface area contributed by atoms with Gasteiger partial charge in [-0.2, -0.15) is 0 Å². The summed E-state index contributed by atoms with van der Waals surface area (Å²) < 4.78 is 0. The smallest absolute Gasteiger partial charge is 0.141 e. The van der Waals surface area contributed by atoms with E-state index >= 15 is 0 Å². The summed E-state index contributed by atoms with van der Waals surface area (Å²) >= 11 is 0. The van der Waals surface area contributed by atoms with Crippen molar-refractivity contribution in [3.63, 3.8) is 0 Å². The van der Waals surface area contributed by atoms with Crippen LogP contribution in [0, 0.1) is 24.7 Å². The van der Waals surface area contributed by atoms with E-state index in [4.69, 9.17) is 0 Å². The molecular weight excluding hydrogens is 308 g/mol. The molecule has 2 aromatic rings.